The molecule has 1 heterocycles. The van der Waals surface area contributed by atoms with Crippen molar-refractivity contribution in [2.45, 2.75) is 32.6 Å². The van der Waals surface area contributed by atoms with Gasteiger partial charge in [0.1, 0.15) is 12.2 Å². The lowest BCUT2D eigenvalue weighted by atomic mass is 9.95. The highest BCUT2D eigenvalue weighted by molar-refractivity contribution is 5.90. The van der Waals surface area contributed by atoms with Gasteiger partial charge in [0.05, 0.1) is 0 Å². The van der Waals surface area contributed by atoms with Crippen LogP contribution >= 0.6 is 0 Å². The van der Waals surface area contributed by atoms with Crippen LogP contribution < -0.4 is 4.74 Å². The van der Waals surface area contributed by atoms with Crippen molar-refractivity contribution in [1.82, 2.24) is 4.98 Å². The quantitative estimate of drug-likeness (QED) is 0.831. The van der Waals surface area contributed by atoms with Crippen molar-refractivity contribution in [2.24, 2.45) is 0 Å². The fourth-order valence-corrected chi connectivity index (χ4v) is 2.10. The third-order valence-electron chi connectivity index (χ3n) is 3.05. The monoisotopic (exact) mass is 247 g/mol. The van der Waals surface area contributed by atoms with Crippen LogP contribution in [0.15, 0.2) is 18.2 Å². The first-order valence-corrected chi connectivity index (χ1v) is 6.22. The van der Waals surface area contributed by atoms with Crippen molar-refractivity contribution in [2.75, 3.05) is 6.61 Å². The molecule has 96 valence electrons. The highest BCUT2D eigenvalue weighted by Crippen LogP contribution is 2.26. The number of aryl methyl sites for hydroxylation is 2. The molecule has 0 saturated heterocycles. The molecule has 18 heavy (non-hydrogen) atoms. The molecule has 1 aliphatic carbocycles. The van der Waals surface area contributed by atoms with Crippen LogP contribution in [0.5, 0.6) is 5.88 Å². The molecular formula is C14H17NO3. The second-order valence-corrected chi connectivity index (χ2v) is 4.34. The topological polar surface area (TPSA) is 59.4 Å². The van der Waals surface area contributed by atoms with E-state index in [0.29, 0.717) is 6.61 Å². The fourth-order valence-electron chi connectivity index (χ4n) is 2.10. The summed E-state index contributed by atoms with van der Waals surface area (Å²) in [6.07, 6.45) is 7.73. The van der Waals surface area contributed by atoms with Crippen molar-refractivity contribution in [1.29, 1.82) is 0 Å². The van der Waals surface area contributed by atoms with E-state index in [9.17, 15) is 9.90 Å². The van der Waals surface area contributed by atoms with Gasteiger partial charge in [0.25, 0.3) is 0 Å². The first-order chi connectivity index (χ1) is 8.72. The van der Waals surface area contributed by atoms with Gasteiger partial charge in [-0.2, -0.15) is 0 Å². The van der Waals surface area contributed by atoms with Crippen LogP contribution in [0.2, 0.25) is 0 Å². The zero-order chi connectivity index (χ0) is 13.0. The summed E-state index contributed by atoms with van der Waals surface area (Å²) in [5.41, 5.74) is 2.21. The molecule has 4 heteroatoms. The minimum absolute atomic E-state index is 0.167. The molecular weight excluding hydrogens is 230 g/mol. The van der Waals surface area contributed by atoms with Gasteiger partial charge in [0, 0.05) is 5.69 Å². The van der Waals surface area contributed by atoms with Crippen LogP contribution in [-0.4, -0.2) is 22.7 Å². The van der Waals surface area contributed by atoms with E-state index in [2.05, 4.69) is 4.98 Å². The van der Waals surface area contributed by atoms with Crippen molar-refractivity contribution >= 4 is 5.97 Å². The molecule has 2 rings (SSSR count). The Morgan fingerprint density at radius 3 is 3.00 bits per heavy atom. The predicted octanol–water partition coefficient (Wildman–Crippen LogP) is 2.61. The smallest absolute Gasteiger partial charge is 0.341 e. The van der Waals surface area contributed by atoms with Crippen LogP contribution in [0.25, 0.3) is 0 Å². The fraction of sp³-hybridized carbons (Fsp3) is 0.429. The normalized spacial score (nSPS) is 14.5. The standard InChI is InChI=1S/C14H17NO3/c1-2-3-8-18-13-11(14(16)17)9-10-6-4-5-7-12(10)15-13/h2-3,9H,4-8H2,1H3,(H,16,17). The molecule has 0 aliphatic heterocycles. The zero-order valence-corrected chi connectivity index (χ0v) is 10.5. The van der Waals surface area contributed by atoms with Crippen molar-refractivity contribution in [3.05, 3.63) is 35.0 Å². The number of carboxylic acids is 1. The number of aromatic carboxylic acids is 1. The van der Waals surface area contributed by atoms with Crippen molar-refractivity contribution in [3.63, 3.8) is 0 Å². The largest absolute Gasteiger partial charge is 0.477 e. The van der Waals surface area contributed by atoms with E-state index in [0.717, 1.165) is 36.9 Å². The third kappa shape index (κ3) is 2.70. The molecule has 1 aliphatic rings. The Bertz CT molecular complexity index is 480. The minimum Gasteiger partial charge on any atom is -0.477 e. The average Bonchev–Trinajstić information content (AvgIpc) is 2.38. The Hall–Kier alpha value is -1.84. The van der Waals surface area contributed by atoms with E-state index in [1.165, 1.54) is 0 Å². The van der Waals surface area contributed by atoms with Crippen LogP contribution in [0.4, 0.5) is 0 Å². The number of allylic oxidation sites excluding steroid dienone is 1. The van der Waals surface area contributed by atoms with Crippen molar-refractivity contribution in [3.8, 4) is 5.88 Å². The van der Waals surface area contributed by atoms with Crippen LogP contribution in [0, 0.1) is 0 Å². The summed E-state index contributed by atoms with van der Waals surface area (Å²) in [6.45, 7) is 2.24. The van der Waals surface area contributed by atoms with Crippen LogP contribution in [0.1, 0.15) is 41.4 Å². The highest BCUT2D eigenvalue weighted by Gasteiger charge is 2.19. The number of carboxylic acid groups (broad SMARTS) is 1. The molecule has 0 saturated carbocycles. The molecule has 4 nitrogen and oxygen atoms in total. The van der Waals surface area contributed by atoms with Gasteiger partial charge in [-0.15, -0.1) is 0 Å². The van der Waals surface area contributed by atoms with Gasteiger partial charge in [-0.25, -0.2) is 9.78 Å². The van der Waals surface area contributed by atoms with E-state index < -0.39 is 5.97 Å². The Morgan fingerprint density at radius 2 is 2.28 bits per heavy atom. The van der Waals surface area contributed by atoms with Crippen molar-refractivity contribution < 1.29 is 14.6 Å². The molecule has 0 unspecified atom stereocenters. The number of ether oxygens (including phenoxy) is 1. The zero-order valence-electron chi connectivity index (χ0n) is 10.5. The van der Waals surface area contributed by atoms with Crippen LogP contribution in [0.3, 0.4) is 0 Å². The van der Waals surface area contributed by atoms with E-state index in [1.807, 2.05) is 19.1 Å². The number of hydrogen-bond acceptors (Lipinski definition) is 3. The number of aromatic nitrogens is 1. The Kier molecular flexibility index (Phi) is 3.97. The summed E-state index contributed by atoms with van der Waals surface area (Å²) < 4.78 is 5.43. The predicted molar refractivity (Wildman–Crippen MR) is 68.1 cm³/mol. The molecule has 0 amide bonds. The minimum atomic E-state index is -0.980. The lowest BCUT2D eigenvalue weighted by Crippen LogP contribution is -2.12. The Labute approximate surface area is 106 Å². The van der Waals surface area contributed by atoms with E-state index >= 15 is 0 Å². The van der Waals surface area contributed by atoms with Gasteiger partial charge in [0.15, 0.2) is 0 Å². The number of pyridine rings is 1. The summed E-state index contributed by atoms with van der Waals surface area (Å²) in [5, 5.41) is 9.19. The number of nitrogens with zero attached hydrogens (tertiary/aromatic N) is 1. The van der Waals surface area contributed by atoms with Gasteiger partial charge >= 0.3 is 5.97 Å². The molecule has 0 atom stereocenters. The summed E-state index contributed by atoms with van der Waals surface area (Å²) in [4.78, 5) is 15.6. The highest BCUT2D eigenvalue weighted by atomic mass is 16.5. The Morgan fingerprint density at radius 1 is 1.50 bits per heavy atom. The summed E-state index contributed by atoms with van der Waals surface area (Å²) in [5.74, 6) is -0.743. The second kappa shape index (κ2) is 5.67. The van der Waals surface area contributed by atoms with Gasteiger partial charge in [-0.05, 0) is 44.2 Å². The third-order valence-corrected chi connectivity index (χ3v) is 3.05. The first-order valence-electron chi connectivity index (χ1n) is 6.22. The number of hydrogen-bond donors (Lipinski definition) is 1. The summed E-state index contributed by atoms with van der Waals surface area (Å²) >= 11 is 0. The maximum atomic E-state index is 11.2. The van der Waals surface area contributed by atoms with Gasteiger partial charge < -0.3 is 9.84 Å². The molecule has 0 aromatic carbocycles. The SMILES string of the molecule is CC=CCOc1nc2c(cc1C(=O)O)CCCC2. The lowest BCUT2D eigenvalue weighted by Gasteiger charge is -2.17. The van der Waals surface area contributed by atoms with Gasteiger partial charge in [-0.1, -0.05) is 12.2 Å². The molecule has 1 aromatic rings. The molecule has 0 fully saturated rings. The maximum Gasteiger partial charge on any atom is 0.341 e. The van der Waals surface area contributed by atoms with E-state index in [-0.39, 0.29) is 11.4 Å². The van der Waals surface area contributed by atoms with E-state index in [1.54, 1.807) is 6.07 Å². The Balaban J connectivity index is 2.32. The maximum absolute atomic E-state index is 11.2. The van der Waals surface area contributed by atoms with E-state index in [4.69, 9.17) is 4.74 Å². The summed E-state index contributed by atoms with van der Waals surface area (Å²) in [6, 6.07) is 1.72. The lowest BCUT2D eigenvalue weighted by molar-refractivity contribution is 0.0691. The number of carbonyl (C=O) groups is 1. The number of rotatable bonds is 4. The first kappa shape index (κ1) is 12.6. The number of fused-ring (bicyclic) bond motifs is 1. The molecule has 0 spiro atoms. The molecule has 0 bridgehead atoms. The second-order valence-electron chi connectivity index (χ2n) is 4.34. The average molecular weight is 247 g/mol. The molecule has 1 N–H and O–H groups in total. The van der Waals surface area contributed by atoms with Crippen LogP contribution in [-0.2, 0) is 12.8 Å². The van der Waals surface area contributed by atoms with Gasteiger partial charge in [-0.3, -0.25) is 0 Å². The van der Waals surface area contributed by atoms with Gasteiger partial charge in [0.2, 0.25) is 5.88 Å². The molecule has 0 radical (unpaired) electrons. The molecule has 1 aromatic heterocycles. The summed E-state index contributed by atoms with van der Waals surface area (Å²) in [7, 11) is 0.